The molecule has 0 atom stereocenters. The Bertz CT molecular complexity index is 1350. The number of rotatable bonds is 7. The Kier molecular flexibility index (Phi) is 7.09. The second-order valence-electron chi connectivity index (χ2n) is 8.76. The Balaban J connectivity index is 1.45. The first-order chi connectivity index (χ1) is 16.9. The summed E-state index contributed by atoms with van der Waals surface area (Å²) in [7, 11) is 6.20. The highest BCUT2D eigenvalue weighted by Gasteiger charge is 2.28. The number of carbonyl (C=O) groups excluding carboxylic acids is 1. The second-order valence-corrected chi connectivity index (χ2v) is 8.76. The molecule has 0 bridgehead atoms. The first-order valence-electron chi connectivity index (χ1n) is 11.5. The Morgan fingerprint density at radius 3 is 2.43 bits per heavy atom. The number of fused-ring (bicyclic) bond motifs is 1. The van der Waals surface area contributed by atoms with Gasteiger partial charge in [0.25, 0.3) is 5.56 Å². The number of pyridine rings is 1. The van der Waals surface area contributed by atoms with Crippen LogP contribution in [0.5, 0.6) is 17.5 Å². The number of methoxy groups -OCH3 is 3. The van der Waals surface area contributed by atoms with Gasteiger partial charge in [-0.25, -0.2) is 4.79 Å². The lowest BCUT2D eigenvalue weighted by atomic mass is 9.81. The van der Waals surface area contributed by atoms with Crippen LogP contribution in [0.3, 0.4) is 0 Å². The zero-order valence-electron chi connectivity index (χ0n) is 20.4. The quantitative estimate of drug-likeness (QED) is 0.551. The van der Waals surface area contributed by atoms with Crippen LogP contribution in [0.25, 0.3) is 10.9 Å². The van der Waals surface area contributed by atoms with Crippen LogP contribution in [-0.2, 0) is 18.4 Å². The zero-order valence-corrected chi connectivity index (χ0v) is 20.4. The molecule has 10 nitrogen and oxygen atoms in total. The number of hydrogen-bond acceptors (Lipinski definition) is 7. The number of ether oxygens (including phenoxy) is 3. The van der Waals surface area contributed by atoms with Gasteiger partial charge in [-0.2, -0.15) is 4.98 Å². The number of aryl methyl sites for hydroxylation is 1. The van der Waals surface area contributed by atoms with Gasteiger partial charge in [0.1, 0.15) is 11.4 Å². The second kappa shape index (κ2) is 10.2. The summed E-state index contributed by atoms with van der Waals surface area (Å²) in [5.74, 6) is 1.11. The van der Waals surface area contributed by atoms with E-state index in [2.05, 4.69) is 10.3 Å². The number of nitrogens with one attached hydrogen (secondary N) is 1. The molecule has 4 rings (SSSR count). The molecule has 10 heteroatoms. The number of anilines is 1. The summed E-state index contributed by atoms with van der Waals surface area (Å²) in [6, 6.07) is 8.47. The summed E-state index contributed by atoms with van der Waals surface area (Å²) >= 11 is 0. The third kappa shape index (κ3) is 4.87. The highest BCUT2D eigenvalue weighted by molar-refractivity contribution is 5.93. The van der Waals surface area contributed by atoms with Crippen molar-refractivity contribution in [2.75, 3.05) is 26.6 Å². The Labute approximate surface area is 202 Å². The van der Waals surface area contributed by atoms with Gasteiger partial charge in [-0.3, -0.25) is 18.7 Å². The molecular formula is C25H30N4O6. The third-order valence-corrected chi connectivity index (χ3v) is 6.71. The maximum absolute atomic E-state index is 13.1. The van der Waals surface area contributed by atoms with Gasteiger partial charge in [0.15, 0.2) is 0 Å². The van der Waals surface area contributed by atoms with E-state index < -0.39 is 0 Å². The van der Waals surface area contributed by atoms with Crippen molar-refractivity contribution in [1.82, 2.24) is 14.1 Å². The van der Waals surface area contributed by atoms with Gasteiger partial charge in [-0.15, -0.1) is 0 Å². The molecule has 0 saturated heterocycles. The van der Waals surface area contributed by atoms with Crippen molar-refractivity contribution in [2.45, 2.75) is 32.2 Å². The minimum absolute atomic E-state index is 0.0976. The molecule has 1 aromatic carbocycles. The van der Waals surface area contributed by atoms with Crippen molar-refractivity contribution in [2.24, 2.45) is 18.9 Å². The van der Waals surface area contributed by atoms with Crippen molar-refractivity contribution < 1.29 is 19.0 Å². The minimum atomic E-state index is -0.341. The topological polar surface area (TPSA) is 114 Å². The molecule has 1 N–H and O–H groups in total. The number of aromatic nitrogens is 3. The summed E-state index contributed by atoms with van der Waals surface area (Å²) < 4.78 is 18.4. The molecule has 186 valence electrons. The van der Waals surface area contributed by atoms with Crippen LogP contribution >= 0.6 is 0 Å². The van der Waals surface area contributed by atoms with Crippen molar-refractivity contribution in [3.63, 3.8) is 0 Å². The van der Waals surface area contributed by atoms with E-state index >= 15 is 0 Å². The molecule has 0 radical (unpaired) electrons. The van der Waals surface area contributed by atoms with Crippen LogP contribution in [0.4, 0.5) is 5.69 Å². The molecule has 1 saturated carbocycles. The number of amides is 1. The molecule has 1 aliphatic rings. The van der Waals surface area contributed by atoms with Gasteiger partial charge >= 0.3 is 5.69 Å². The van der Waals surface area contributed by atoms with E-state index in [1.165, 1.54) is 30.5 Å². The highest BCUT2D eigenvalue weighted by Crippen LogP contribution is 2.32. The summed E-state index contributed by atoms with van der Waals surface area (Å²) in [5.41, 5.74) is 0.399. The van der Waals surface area contributed by atoms with E-state index in [9.17, 15) is 14.4 Å². The standard InChI is InChI=1S/C25H30N4O6/c1-28-20-11-9-17(33-2)13-18(20)24(31)29(25(28)32)14-15-5-7-16(8-6-15)22(30)26-19-10-12-21(34-3)27-23(19)35-4/h9-13,15-16H,5-8,14H2,1-4H3,(H,26,30). The van der Waals surface area contributed by atoms with E-state index in [1.54, 1.807) is 37.4 Å². The lowest BCUT2D eigenvalue weighted by Gasteiger charge is -2.28. The monoisotopic (exact) mass is 482 g/mol. The predicted molar refractivity (Wildman–Crippen MR) is 131 cm³/mol. The fourth-order valence-electron chi connectivity index (χ4n) is 4.67. The van der Waals surface area contributed by atoms with Crippen LogP contribution in [0.2, 0.25) is 0 Å². The van der Waals surface area contributed by atoms with Crippen LogP contribution in [0.1, 0.15) is 25.7 Å². The fraction of sp³-hybridized carbons (Fsp3) is 0.440. The fourth-order valence-corrected chi connectivity index (χ4v) is 4.67. The van der Waals surface area contributed by atoms with E-state index in [4.69, 9.17) is 14.2 Å². The van der Waals surface area contributed by atoms with Crippen LogP contribution in [0.15, 0.2) is 39.9 Å². The number of carbonyl (C=O) groups is 1. The molecule has 0 spiro atoms. The van der Waals surface area contributed by atoms with E-state index in [0.29, 0.717) is 47.6 Å². The first-order valence-corrected chi connectivity index (χ1v) is 11.5. The van der Waals surface area contributed by atoms with Crippen LogP contribution < -0.4 is 30.8 Å². The summed E-state index contributed by atoms with van der Waals surface area (Å²) in [6.07, 6.45) is 2.81. The van der Waals surface area contributed by atoms with Gasteiger partial charge in [0.2, 0.25) is 17.7 Å². The van der Waals surface area contributed by atoms with Gasteiger partial charge in [0, 0.05) is 25.6 Å². The van der Waals surface area contributed by atoms with E-state index in [-0.39, 0.29) is 34.9 Å². The summed E-state index contributed by atoms with van der Waals surface area (Å²) in [5, 5.41) is 3.35. The summed E-state index contributed by atoms with van der Waals surface area (Å²) in [6.45, 7) is 0.323. The lowest BCUT2D eigenvalue weighted by molar-refractivity contribution is -0.121. The first kappa shape index (κ1) is 24.3. The largest absolute Gasteiger partial charge is 0.497 e. The molecule has 35 heavy (non-hydrogen) atoms. The predicted octanol–water partition coefficient (Wildman–Crippen LogP) is 2.57. The smallest absolute Gasteiger partial charge is 0.331 e. The maximum Gasteiger partial charge on any atom is 0.331 e. The molecule has 0 unspecified atom stereocenters. The van der Waals surface area contributed by atoms with Crippen LogP contribution in [0, 0.1) is 11.8 Å². The Morgan fingerprint density at radius 2 is 1.77 bits per heavy atom. The molecule has 2 aromatic heterocycles. The summed E-state index contributed by atoms with van der Waals surface area (Å²) in [4.78, 5) is 43.1. The number of hydrogen-bond donors (Lipinski definition) is 1. The number of nitrogens with zero attached hydrogens (tertiary/aromatic N) is 3. The third-order valence-electron chi connectivity index (χ3n) is 6.71. The van der Waals surface area contributed by atoms with E-state index in [1.807, 2.05) is 0 Å². The van der Waals surface area contributed by atoms with Crippen LogP contribution in [-0.4, -0.2) is 41.4 Å². The Morgan fingerprint density at radius 1 is 1.03 bits per heavy atom. The molecule has 3 aromatic rings. The highest BCUT2D eigenvalue weighted by atomic mass is 16.5. The SMILES string of the molecule is COc1ccc2c(c1)c(=O)n(CC1CCC(C(=O)Nc3ccc(OC)nc3OC)CC1)c(=O)n2C. The van der Waals surface area contributed by atoms with Gasteiger partial charge in [0.05, 0.1) is 32.2 Å². The molecule has 1 aliphatic carbocycles. The van der Waals surface area contributed by atoms with Crippen molar-refractivity contribution >= 4 is 22.5 Å². The Hall–Kier alpha value is -3.82. The lowest BCUT2D eigenvalue weighted by Crippen LogP contribution is -2.41. The molecule has 1 amide bonds. The number of benzene rings is 1. The zero-order chi connectivity index (χ0) is 25.1. The van der Waals surface area contributed by atoms with Gasteiger partial charge in [-0.1, -0.05) is 0 Å². The maximum atomic E-state index is 13.1. The minimum Gasteiger partial charge on any atom is -0.497 e. The average Bonchev–Trinajstić information content (AvgIpc) is 2.90. The van der Waals surface area contributed by atoms with E-state index in [0.717, 1.165) is 12.8 Å². The van der Waals surface area contributed by atoms with Gasteiger partial charge in [-0.05, 0) is 55.9 Å². The molecule has 1 fully saturated rings. The van der Waals surface area contributed by atoms with Crippen molar-refractivity contribution in [3.8, 4) is 17.5 Å². The van der Waals surface area contributed by atoms with Crippen molar-refractivity contribution in [3.05, 3.63) is 51.2 Å². The molecular weight excluding hydrogens is 452 g/mol. The normalized spacial score (nSPS) is 17.7. The molecule has 0 aliphatic heterocycles. The average molecular weight is 483 g/mol. The molecule has 2 heterocycles. The van der Waals surface area contributed by atoms with Crippen molar-refractivity contribution in [1.29, 1.82) is 0 Å². The van der Waals surface area contributed by atoms with Gasteiger partial charge < -0.3 is 19.5 Å².